The molecule has 1 unspecified atom stereocenters. The van der Waals surface area contributed by atoms with E-state index in [9.17, 15) is 24.6 Å². The molecular weight excluding hydrogens is 354 g/mol. The van der Waals surface area contributed by atoms with E-state index in [2.05, 4.69) is 0 Å². The van der Waals surface area contributed by atoms with E-state index in [1.165, 1.54) is 22.7 Å². The molecule has 2 aromatic carbocycles. The van der Waals surface area contributed by atoms with Gasteiger partial charge in [0.1, 0.15) is 11.4 Å². The Labute approximate surface area is 154 Å². The lowest BCUT2D eigenvalue weighted by Gasteiger charge is -2.28. The van der Waals surface area contributed by atoms with E-state index in [-0.39, 0.29) is 23.6 Å². The number of rotatable bonds is 5. The number of carbonyl (C=O) groups is 3. The van der Waals surface area contributed by atoms with Crippen molar-refractivity contribution in [2.24, 2.45) is 0 Å². The Bertz CT molecular complexity index is 839. The van der Waals surface area contributed by atoms with Crippen molar-refractivity contribution in [3.05, 3.63) is 71.3 Å². The van der Waals surface area contributed by atoms with Crippen molar-refractivity contribution in [3.63, 3.8) is 0 Å². The van der Waals surface area contributed by atoms with Crippen molar-refractivity contribution in [1.82, 2.24) is 4.90 Å². The van der Waals surface area contributed by atoms with Crippen LogP contribution in [-0.2, 0) is 16.0 Å². The predicted octanol–water partition coefficient (Wildman–Crippen LogP) is 2.65. The van der Waals surface area contributed by atoms with E-state index < -0.39 is 23.4 Å². The molecule has 2 aromatic rings. The second-order valence-corrected chi connectivity index (χ2v) is 7.01. The van der Waals surface area contributed by atoms with Crippen LogP contribution >= 0.6 is 11.8 Å². The minimum absolute atomic E-state index is 0.0664. The Balaban J connectivity index is 1.96. The van der Waals surface area contributed by atoms with Crippen LogP contribution in [0.5, 0.6) is 0 Å². The molecule has 0 bridgehead atoms. The zero-order chi connectivity index (χ0) is 18.7. The molecule has 0 spiro atoms. The molecule has 7 heteroatoms. The number of carbonyl (C=O) groups excluding carboxylic acids is 1. The summed E-state index contributed by atoms with van der Waals surface area (Å²) in [6, 6.07) is 14.5. The first-order valence-electron chi connectivity index (χ1n) is 8.00. The molecule has 1 heterocycles. The predicted molar refractivity (Wildman–Crippen MR) is 97.0 cm³/mol. The van der Waals surface area contributed by atoms with Gasteiger partial charge in [-0.1, -0.05) is 48.5 Å². The molecule has 1 aliphatic heterocycles. The maximum atomic E-state index is 12.9. The molecule has 0 radical (unpaired) electrons. The number of aliphatic carboxylic acids is 1. The van der Waals surface area contributed by atoms with E-state index in [0.717, 1.165) is 5.56 Å². The minimum Gasteiger partial charge on any atom is -0.480 e. The molecule has 1 saturated heterocycles. The quantitative estimate of drug-likeness (QED) is 0.839. The van der Waals surface area contributed by atoms with Crippen molar-refractivity contribution in [2.75, 3.05) is 5.75 Å². The Morgan fingerprint density at radius 3 is 2.31 bits per heavy atom. The molecule has 0 aliphatic carbocycles. The smallest absolute Gasteiger partial charge is 0.336 e. The molecule has 0 aromatic heterocycles. The molecular formula is C19H17NO5S. The van der Waals surface area contributed by atoms with Crippen molar-refractivity contribution in [3.8, 4) is 0 Å². The van der Waals surface area contributed by atoms with Crippen LogP contribution in [0, 0.1) is 0 Å². The van der Waals surface area contributed by atoms with Gasteiger partial charge in [0.25, 0.3) is 0 Å². The number of carboxylic acid groups (broad SMARTS) is 2. The maximum Gasteiger partial charge on any atom is 0.336 e. The molecule has 2 atom stereocenters. The molecule has 26 heavy (non-hydrogen) atoms. The number of hydrogen-bond acceptors (Lipinski definition) is 4. The summed E-state index contributed by atoms with van der Waals surface area (Å²) in [4.78, 5) is 37.4. The van der Waals surface area contributed by atoms with Gasteiger partial charge in [0.2, 0.25) is 5.91 Å². The van der Waals surface area contributed by atoms with Gasteiger partial charge in [-0.25, -0.2) is 9.59 Å². The molecule has 6 nitrogen and oxygen atoms in total. The number of hydrogen-bond donors (Lipinski definition) is 2. The van der Waals surface area contributed by atoms with E-state index in [1.54, 1.807) is 30.3 Å². The summed E-state index contributed by atoms with van der Waals surface area (Å²) in [5.41, 5.74) is 1.30. The summed E-state index contributed by atoms with van der Waals surface area (Å²) >= 11 is 1.27. The van der Waals surface area contributed by atoms with Gasteiger partial charge in [-0.15, -0.1) is 11.8 Å². The summed E-state index contributed by atoms with van der Waals surface area (Å²) < 4.78 is 0. The molecule has 1 fully saturated rings. The molecule has 134 valence electrons. The first-order chi connectivity index (χ1) is 12.5. The number of thioether (sulfide) groups is 1. The lowest BCUT2D eigenvalue weighted by molar-refractivity contribution is -0.148. The number of benzene rings is 2. The monoisotopic (exact) mass is 371 g/mol. The summed E-state index contributed by atoms with van der Waals surface area (Å²) in [6.07, 6.45) is 0.0664. The Kier molecular flexibility index (Phi) is 5.27. The average molecular weight is 371 g/mol. The van der Waals surface area contributed by atoms with Gasteiger partial charge < -0.3 is 15.1 Å². The SMILES string of the molecule is O=C(O)c1ccccc1C1SC[C@@H](C(=O)O)N1C(=O)Cc1ccccc1. The van der Waals surface area contributed by atoms with Gasteiger partial charge in [-0.05, 0) is 17.2 Å². The highest BCUT2D eigenvalue weighted by Gasteiger charge is 2.43. The van der Waals surface area contributed by atoms with Crippen LogP contribution < -0.4 is 0 Å². The van der Waals surface area contributed by atoms with Crippen LogP contribution in [0.15, 0.2) is 54.6 Å². The van der Waals surface area contributed by atoms with Crippen molar-refractivity contribution < 1.29 is 24.6 Å². The van der Waals surface area contributed by atoms with Crippen LogP contribution in [0.2, 0.25) is 0 Å². The van der Waals surface area contributed by atoms with Gasteiger partial charge in [-0.2, -0.15) is 0 Å². The van der Waals surface area contributed by atoms with E-state index in [0.29, 0.717) is 5.56 Å². The fourth-order valence-electron chi connectivity index (χ4n) is 3.01. The van der Waals surface area contributed by atoms with Crippen molar-refractivity contribution in [1.29, 1.82) is 0 Å². The first-order valence-corrected chi connectivity index (χ1v) is 9.05. The van der Waals surface area contributed by atoms with Gasteiger partial charge in [0, 0.05) is 5.75 Å². The van der Waals surface area contributed by atoms with Crippen LogP contribution in [-0.4, -0.2) is 44.8 Å². The van der Waals surface area contributed by atoms with Crippen LogP contribution in [0.1, 0.15) is 26.9 Å². The fraction of sp³-hybridized carbons (Fsp3) is 0.211. The highest BCUT2D eigenvalue weighted by Crippen LogP contribution is 2.43. The fourth-order valence-corrected chi connectivity index (χ4v) is 4.49. The standard InChI is InChI=1S/C19H17NO5S/c21-16(10-12-6-2-1-3-7-12)20-15(19(24)25)11-26-17(20)13-8-4-5-9-14(13)18(22)23/h1-9,15,17H,10-11H2,(H,22,23)(H,24,25)/t15-,17?/m0/s1. The van der Waals surface area contributed by atoms with Crippen LogP contribution in [0.3, 0.4) is 0 Å². The molecule has 3 rings (SSSR count). The highest BCUT2D eigenvalue weighted by molar-refractivity contribution is 7.99. The average Bonchev–Trinajstić information content (AvgIpc) is 3.08. The first kappa shape index (κ1) is 18.0. The Morgan fingerprint density at radius 1 is 1.00 bits per heavy atom. The summed E-state index contributed by atoms with van der Waals surface area (Å²) in [5, 5.41) is 18.3. The highest BCUT2D eigenvalue weighted by atomic mass is 32.2. The third-order valence-electron chi connectivity index (χ3n) is 4.23. The molecule has 1 amide bonds. The number of amides is 1. The van der Waals surface area contributed by atoms with Gasteiger partial charge in [0.05, 0.1) is 12.0 Å². The largest absolute Gasteiger partial charge is 0.480 e. The van der Waals surface area contributed by atoms with Gasteiger partial charge >= 0.3 is 11.9 Å². The van der Waals surface area contributed by atoms with Gasteiger partial charge in [0.15, 0.2) is 0 Å². The third kappa shape index (κ3) is 3.57. The second kappa shape index (κ2) is 7.61. The molecule has 2 N–H and O–H groups in total. The van der Waals surface area contributed by atoms with Crippen LogP contribution in [0.25, 0.3) is 0 Å². The zero-order valence-electron chi connectivity index (χ0n) is 13.7. The van der Waals surface area contributed by atoms with E-state index >= 15 is 0 Å². The lowest BCUT2D eigenvalue weighted by Crippen LogP contribution is -2.43. The molecule has 1 aliphatic rings. The second-order valence-electron chi connectivity index (χ2n) is 5.90. The van der Waals surface area contributed by atoms with E-state index in [4.69, 9.17) is 0 Å². The van der Waals surface area contributed by atoms with Crippen molar-refractivity contribution in [2.45, 2.75) is 17.8 Å². The topological polar surface area (TPSA) is 94.9 Å². The number of nitrogens with zero attached hydrogens (tertiary/aromatic N) is 1. The summed E-state index contributed by atoms with van der Waals surface area (Å²) in [5.74, 6) is -2.31. The summed E-state index contributed by atoms with van der Waals surface area (Å²) in [6.45, 7) is 0. The lowest BCUT2D eigenvalue weighted by atomic mass is 10.0. The number of carboxylic acids is 2. The van der Waals surface area contributed by atoms with Crippen molar-refractivity contribution >= 4 is 29.6 Å². The minimum atomic E-state index is -1.10. The summed E-state index contributed by atoms with van der Waals surface area (Å²) in [7, 11) is 0. The Morgan fingerprint density at radius 2 is 1.65 bits per heavy atom. The Hall–Kier alpha value is -2.80. The van der Waals surface area contributed by atoms with E-state index in [1.807, 2.05) is 18.2 Å². The third-order valence-corrected chi connectivity index (χ3v) is 5.53. The normalized spacial score (nSPS) is 19.3. The van der Waals surface area contributed by atoms with Gasteiger partial charge in [-0.3, -0.25) is 4.79 Å². The zero-order valence-corrected chi connectivity index (χ0v) is 14.6. The van der Waals surface area contributed by atoms with Crippen LogP contribution in [0.4, 0.5) is 0 Å². The molecule has 0 saturated carbocycles. The maximum absolute atomic E-state index is 12.9. The number of aromatic carboxylic acids is 1.